The third-order valence-corrected chi connectivity index (χ3v) is 5.26. The van der Waals surface area contributed by atoms with Gasteiger partial charge in [-0.2, -0.15) is 0 Å². The van der Waals surface area contributed by atoms with Gasteiger partial charge in [-0.3, -0.25) is 9.59 Å². The highest BCUT2D eigenvalue weighted by Crippen LogP contribution is 2.30. The number of aromatic nitrogens is 1. The molecular formula is C15H24N2O3S. The first kappa shape index (κ1) is 16.2. The molecule has 1 saturated carbocycles. The van der Waals surface area contributed by atoms with E-state index in [4.69, 9.17) is 0 Å². The molecule has 21 heavy (non-hydrogen) atoms. The molecule has 1 fully saturated rings. The lowest BCUT2D eigenvalue weighted by atomic mass is 9.97. The maximum absolute atomic E-state index is 11.8. The first-order valence-corrected chi connectivity index (χ1v) is 8.52. The van der Waals surface area contributed by atoms with Gasteiger partial charge in [-0.05, 0) is 38.0 Å². The quantitative estimate of drug-likeness (QED) is 0.802. The zero-order chi connectivity index (χ0) is 15.2. The molecule has 2 rings (SSSR count). The molecule has 1 aliphatic rings. The number of amides is 1. The molecule has 5 nitrogen and oxygen atoms in total. The number of hydrogen-bond donors (Lipinski definition) is 2. The van der Waals surface area contributed by atoms with Crippen LogP contribution in [0.2, 0.25) is 0 Å². The molecular weight excluding hydrogens is 288 g/mol. The number of nitrogens with one attached hydrogen (secondary N) is 1. The molecule has 1 heterocycles. The Morgan fingerprint density at radius 2 is 2.24 bits per heavy atom. The summed E-state index contributed by atoms with van der Waals surface area (Å²) in [5.41, 5.74) is 0.960. The maximum Gasteiger partial charge on any atom is 0.307 e. The Bertz CT molecular complexity index is 523. The zero-order valence-electron chi connectivity index (χ0n) is 12.5. The summed E-state index contributed by atoms with van der Waals surface area (Å²) in [5.74, 6) is 0.803. The van der Waals surface area contributed by atoms with Crippen molar-refractivity contribution in [3.63, 3.8) is 0 Å². The molecule has 0 spiro atoms. The SMILES string of the molecule is Cc1csc(=O)n1CCCC(=O)NCC1CCCC1CO. The van der Waals surface area contributed by atoms with Crippen molar-refractivity contribution in [3.8, 4) is 0 Å². The summed E-state index contributed by atoms with van der Waals surface area (Å²) in [5, 5.41) is 14.1. The third kappa shape index (κ3) is 4.41. The van der Waals surface area contributed by atoms with E-state index in [0.717, 1.165) is 25.0 Å². The van der Waals surface area contributed by atoms with Gasteiger partial charge in [-0.25, -0.2) is 0 Å². The van der Waals surface area contributed by atoms with E-state index in [1.807, 2.05) is 12.3 Å². The summed E-state index contributed by atoms with van der Waals surface area (Å²) in [6.45, 7) is 3.40. The van der Waals surface area contributed by atoms with E-state index in [1.54, 1.807) is 4.57 Å². The van der Waals surface area contributed by atoms with Crippen molar-refractivity contribution in [2.45, 2.75) is 45.6 Å². The molecule has 2 atom stereocenters. The highest BCUT2D eigenvalue weighted by Gasteiger charge is 2.26. The van der Waals surface area contributed by atoms with Crippen LogP contribution in [0.5, 0.6) is 0 Å². The van der Waals surface area contributed by atoms with Gasteiger partial charge in [-0.15, -0.1) is 0 Å². The Morgan fingerprint density at radius 3 is 2.90 bits per heavy atom. The van der Waals surface area contributed by atoms with Gasteiger partial charge in [0.15, 0.2) is 0 Å². The Balaban J connectivity index is 1.67. The predicted octanol–water partition coefficient (Wildman–Crippen LogP) is 1.52. The van der Waals surface area contributed by atoms with E-state index in [1.165, 1.54) is 11.3 Å². The van der Waals surface area contributed by atoms with Crippen molar-refractivity contribution in [2.75, 3.05) is 13.2 Å². The number of aliphatic hydroxyl groups is 1. The van der Waals surface area contributed by atoms with Gasteiger partial charge in [0.25, 0.3) is 0 Å². The maximum atomic E-state index is 11.8. The molecule has 2 unspecified atom stereocenters. The minimum Gasteiger partial charge on any atom is -0.396 e. The summed E-state index contributed by atoms with van der Waals surface area (Å²) in [7, 11) is 0. The molecule has 1 aromatic rings. The molecule has 1 aliphatic carbocycles. The second-order valence-electron chi connectivity index (χ2n) is 5.84. The Hall–Kier alpha value is -1.14. The summed E-state index contributed by atoms with van der Waals surface area (Å²) in [4.78, 5) is 23.4. The highest BCUT2D eigenvalue weighted by molar-refractivity contribution is 7.07. The van der Waals surface area contributed by atoms with Gasteiger partial charge < -0.3 is 15.0 Å². The van der Waals surface area contributed by atoms with Crippen LogP contribution in [0.25, 0.3) is 0 Å². The summed E-state index contributed by atoms with van der Waals surface area (Å²) in [6.07, 6.45) is 4.42. The van der Waals surface area contributed by atoms with Gasteiger partial charge in [0.05, 0.1) is 0 Å². The number of carbonyl (C=O) groups is 1. The molecule has 0 aliphatic heterocycles. The zero-order valence-corrected chi connectivity index (χ0v) is 13.3. The van der Waals surface area contributed by atoms with Gasteiger partial charge in [0, 0.05) is 37.2 Å². The number of aliphatic hydroxyl groups excluding tert-OH is 1. The monoisotopic (exact) mass is 312 g/mol. The lowest BCUT2D eigenvalue weighted by Crippen LogP contribution is -2.31. The molecule has 1 aromatic heterocycles. The van der Waals surface area contributed by atoms with E-state index in [0.29, 0.717) is 37.8 Å². The Kier molecular flexibility index (Phi) is 5.99. The van der Waals surface area contributed by atoms with Gasteiger partial charge in [0.1, 0.15) is 0 Å². The van der Waals surface area contributed by atoms with Crippen LogP contribution >= 0.6 is 11.3 Å². The van der Waals surface area contributed by atoms with Crippen LogP contribution in [0.4, 0.5) is 0 Å². The topological polar surface area (TPSA) is 71.3 Å². The molecule has 118 valence electrons. The van der Waals surface area contributed by atoms with Gasteiger partial charge in [-0.1, -0.05) is 17.8 Å². The first-order chi connectivity index (χ1) is 10.1. The van der Waals surface area contributed by atoms with Gasteiger partial charge in [0.2, 0.25) is 5.91 Å². The van der Waals surface area contributed by atoms with Crippen LogP contribution in [-0.2, 0) is 11.3 Å². The number of hydrogen-bond acceptors (Lipinski definition) is 4. The van der Waals surface area contributed by atoms with E-state index < -0.39 is 0 Å². The van der Waals surface area contributed by atoms with Crippen molar-refractivity contribution in [3.05, 3.63) is 20.7 Å². The van der Waals surface area contributed by atoms with E-state index in [2.05, 4.69) is 5.32 Å². The fraction of sp³-hybridized carbons (Fsp3) is 0.733. The van der Waals surface area contributed by atoms with E-state index in [9.17, 15) is 14.7 Å². The largest absolute Gasteiger partial charge is 0.396 e. The lowest BCUT2D eigenvalue weighted by molar-refractivity contribution is -0.121. The van der Waals surface area contributed by atoms with Crippen LogP contribution < -0.4 is 10.2 Å². The van der Waals surface area contributed by atoms with Crippen LogP contribution in [0, 0.1) is 18.8 Å². The summed E-state index contributed by atoms with van der Waals surface area (Å²) < 4.78 is 1.72. The molecule has 1 amide bonds. The highest BCUT2D eigenvalue weighted by atomic mass is 32.1. The average molecular weight is 312 g/mol. The van der Waals surface area contributed by atoms with Crippen LogP contribution in [0.15, 0.2) is 10.2 Å². The van der Waals surface area contributed by atoms with Crippen molar-refractivity contribution in [1.82, 2.24) is 9.88 Å². The van der Waals surface area contributed by atoms with Crippen molar-refractivity contribution >= 4 is 17.2 Å². The fourth-order valence-electron chi connectivity index (χ4n) is 3.03. The molecule has 0 aromatic carbocycles. The summed E-state index contributed by atoms with van der Waals surface area (Å²) >= 11 is 1.20. The van der Waals surface area contributed by atoms with Crippen molar-refractivity contribution < 1.29 is 9.90 Å². The normalized spacial score (nSPS) is 21.6. The molecule has 2 N–H and O–H groups in total. The number of thiazole rings is 1. The number of aryl methyl sites for hydroxylation is 1. The minimum absolute atomic E-state index is 0.0412. The average Bonchev–Trinajstić information content (AvgIpc) is 3.05. The predicted molar refractivity (Wildman–Crippen MR) is 83.5 cm³/mol. The lowest BCUT2D eigenvalue weighted by Gasteiger charge is -2.17. The second-order valence-corrected chi connectivity index (χ2v) is 6.66. The van der Waals surface area contributed by atoms with E-state index in [-0.39, 0.29) is 17.4 Å². The van der Waals surface area contributed by atoms with Crippen molar-refractivity contribution in [1.29, 1.82) is 0 Å². The number of nitrogens with zero attached hydrogens (tertiary/aromatic N) is 1. The first-order valence-electron chi connectivity index (χ1n) is 7.64. The molecule has 0 radical (unpaired) electrons. The second kappa shape index (κ2) is 7.75. The third-order valence-electron chi connectivity index (χ3n) is 4.37. The van der Waals surface area contributed by atoms with Gasteiger partial charge >= 0.3 is 4.87 Å². The smallest absolute Gasteiger partial charge is 0.307 e. The summed E-state index contributed by atoms with van der Waals surface area (Å²) in [6, 6.07) is 0. The standard InChI is InChI=1S/C15H24N2O3S/c1-11-10-21-15(20)17(11)7-3-6-14(19)16-8-12-4-2-5-13(12)9-18/h10,12-13,18H,2-9H2,1H3,(H,16,19). The Labute approximate surface area is 129 Å². The van der Waals surface area contributed by atoms with E-state index >= 15 is 0 Å². The van der Waals surface area contributed by atoms with Crippen molar-refractivity contribution in [2.24, 2.45) is 11.8 Å². The van der Waals surface area contributed by atoms with Crippen LogP contribution in [-0.4, -0.2) is 28.7 Å². The Morgan fingerprint density at radius 1 is 1.48 bits per heavy atom. The van der Waals surface area contributed by atoms with Crippen LogP contribution in [0.3, 0.4) is 0 Å². The molecule has 0 saturated heterocycles. The fourth-order valence-corrected chi connectivity index (χ4v) is 3.79. The molecule has 6 heteroatoms. The minimum atomic E-state index is 0.0412. The number of carbonyl (C=O) groups excluding carboxylic acids is 1. The number of rotatable bonds is 7. The molecule has 0 bridgehead atoms. The van der Waals surface area contributed by atoms with Crippen LogP contribution in [0.1, 0.15) is 37.8 Å².